The van der Waals surface area contributed by atoms with Crippen LogP contribution in [0.25, 0.3) is 0 Å². The molecule has 1 fully saturated rings. The van der Waals surface area contributed by atoms with Gasteiger partial charge >= 0.3 is 0 Å². The summed E-state index contributed by atoms with van der Waals surface area (Å²) in [5.74, 6) is 2.09. The van der Waals surface area contributed by atoms with E-state index in [2.05, 4.69) is 0 Å². The quantitative estimate of drug-likeness (QED) is 0.897. The minimum Gasteiger partial charge on any atom is -0.504 e. The molecule has 4 rings (SSSR count). The van der Waals surface area contributed by atoms with Crippen LogP contribution in [0.15, 0.2) is 30.3 Å². The van der Waals surface area contributed by atoms with Crippen molar-refractivity contribution >= 4 is 0 Å². The van der Waals surface area contributed by atoms with Crippen molar-refractivity contribution in [3.8, 4) is 23.0 Å². The van der Waals surface area contributed by atoms with E-state index in [1.807, 2.05) is 24.3 Å². The summed E-state index contributed by atoms with van der Waals surface area (Å²) in [6, 6.07) is 9.22. The zero-order chi connectivity index (χ0) is 17.6. The molecule has 132 valence electrons. The number of benzene rings is 2. The Hall–Kier alpha value is -2.40. The van der Waals surface area contributed by atoms with Crippen LogP contribution in [0.5, 0.6) is 23.0 Å². The third-order valence-electron chi connectivity index (χ3n) is 5.50. The van der Waals surface area contributed by atoms with E-state index in [-0.39, 0.29) is 17.4 Å². The second kappa shape index (κ2) is 6.15. The molecule has 0 amide bonds. The van der Waals surface area contributed by atoms with Gasteiger partial charge in [-0.25, -0.2) is 0 Å². The molecule has 1 saturated heterocycles. The average molecular weight is 342 g/mol. The zero-order valence-electron chi connectivity index (χ0n) is 14.4. The maximum atomic E-state index is 10.3. The summed E-state index contributed by atoms with van der Waals surface area (Å²) in [5, 5.41) is 20.2. The lowest BCUT2D eigenvalue weighted by Gasteiger charge is -2.35. The number of phenolic OH excluding ortho intramolecular Hbond substituents is 2. The van der Waals surface area contributed by atoms with Gasteiger partial charge in [0.25, 0.3) is 0 Å². The Morgan fingerprint density at radius 1 is 0.960 bits per heavy atom. The van der Waals surface area contributed by atoms with Crippen molar-refractivity contribution in [1.82, 2.24) is 0 Å². The fraction of sp³-hybridized carbons (Fsp3) is 0.400. The molecule has 0 unspecified atom stereocenters. The molecular weight excluding hydrogens is 320 g/mol. The zero-order valence-corrected chi connectivity index (χ0v) is 14.4. The molecular formula is C20H22O5. The monoisotopic (exact) mass is 342 g/mol. The van der Waals surface area contributed by atoms with Crippen molar-refractivity contribution in [3.05, 3.63) is 47.0 Å². The van der Waals surface area contributed by atoms with Crippen LogP contribution in [-0.4, -0.2) is 37.6 Å². The van der Waals surface area contributed by atoms with Crippen molar-refractivity contribution in [2.45, 2.75) is 12.3 Å². The van der Waals surface area contributed by atoms with Crippen LogP contribution < -0.4 is 9.47 Å². The SMILES string of the molecule is COc1cc([C@@H]2c3cc(O)c(OC)cc3C[C@H]3COC[C@H]32)ccc1O. The molecule has 0 radical (unpaired) electrons. The highest BCUT2D eigenvalue weighted by atomic mass is 16.5. The van der Waals surface area contributed by atoms with Gasteiger partial charge in [0.1, 0.15) is 0 Å². The van der Waals surface area contributed by atoms with Crippen LogP contribution in [0.2, 0.25) is 0 Å². The van der Waals surface area contributed by atoms with E-state index in [0.717, 1.165) is 24.2 Å². The third kappa shape index (κ3) is 2.59. The van der Waals surface area contributed by atoms with Crippen LogP contribution in [0.1, 0.15) is 22.6 Å². The summed E-state index contributed by atoms with van der Waals surface area (Å²) in [5.41, 5.74) is 3.33. The van der Waals surface area contributed by atoms with Crippen molar-refractivity contribution in [1.29, 1.82) is 0 Å². The predicted octanol–water partition coefficient (Wildman–Crippen LogP) is 3.07. The summed E-state index contributed by atoms with van der Waals surface area (Å²) in [7, 11) is 3.11. The van der Waals surface area contributed by atoms with Gasteiger partial charge in [-0.2, -0.15) is 0 Å². The fourth-order valence-corrected chi connectivity index (χ4v) is 4.28. The third-order valence-corrected chi connectivity index (χ3v) is 5.50. The van der Waals surface area contributed by atoms with Gasteiger partial charge in [0.15, 0.2) is 23.0 Å². The van der Waals surface area contributed by atoms with Crippen molar-refractivity contribution in [3.63, 3.8) is 0 Å². The lowest BCUT2D eigenvalue weighted by atomic mass is 9.68. The van der Waals surface area contributed by atoms with Crippen LogP contribution in [0, 0.1) is 11.8 Å². The van der Waals surface area contributed by atoms with Gasteiger partial charge in [0, 0.05) is 5.92 Å². The number of fused-ring (bicyclic) bond motifs is 2. The lowest BCUT2D eigenvalue weighted by molar-refractivity contribution is 0.179. The molecule has 2 aromatic rings. The number of hydrogen-bond donors (Lipinski definition) is 2. The molecule has 25 heavy (non-hydrogen) atoms. The molecule has 1 aliphatic heterocycles. The van der Waals surface area contributed by atoms with E-state index >= 15 is 0 Å². The standard InChI is InChI=1S/C20H22O5/c1-23-18-6-11(3-4-16(18)21)20-14-8-17(22)19(24-2)7-12(14)5-13-9-25-10-15(13)20/h3-4,6-8,13,15,20-22H,5,9-10H2,1-2H3/t13-,15+,20+/m0/s1. The van der Waals surface area contributed by atoms with E-state index in [9.17, 15) is 10.2 Å². The lowest BCUT2D eigenvalue weighted by Crippen LogP contribution is -2.29. The molecule has 5 heteroatoms. The van der Waals surface area contributed by atoms with Crippen LogP contribution in [0.3, 0.4) is 0 Å². The number of rotatable bonds is 3. The number of aromatic hydroxyl groups is 2. The maximum Gasteiger partial charge on any atom is 0.160 e. The Labute approximate surface area is 146 Å². The first-order valence-electron chi connectivity index (χ1n) is 8.46. The first-order valence-corrected chi connectivity index (χ1v) is 8.46. The number of hydrogen-bond acceptors (Lipinski definition) is 5. The average Bonchev–Trinajstić information content (AvgIpc) is 3.08. The second-order valence-electron chi connectivity index (χ2n) is 6.80. The summed E-state index contributed by atoms with van der Waals surface area (Å²) < 4.78 is 16.3. The van der Waals surface area contributed by atoms with Crippen molar-refractivity contribution in [2.75, 3.05) is 27.4 Å². The van der Waals surface area contributed by atoms with E-state index in [4.69, 9.17) is 14.2 Å². The summed E-state index contributed by atoms with van der Waals surface area (Å²) in [6.45, 7) is 1.45. The largest absolute Gasteiger partial charge is 0.504 e. The number of phenols is 2. The minimum atomic E-state index is 0.0857. The predicted molar refractivity (Wildman–Crippen MR) is 92.7 cm³/mol. The number of ether oxygens (including phenoxy) is 3. The summed E-state index contributed by atoms with van der Waals surface area (Å²) >= 11 is 0. The Balaban J connectivity index is 1.87. The van der Waals surface area contributed by atoms with Gasteiger partial charge in [-0.3, -0.25) is 0 Å². The van der Waals surface area contributed by atoms with Crippen molar-refractivity contribution < 1.29 is 24.4 Å². The van der Waals surface area contributed by atoms with Gasteiger partial charge in [0.05, 0.1) is 27.4 Å². The number of methoxy groups -OCH3 is 2. The van der Waals surface area contributed by atoms with Crippen LogP contribution in [0.4, 0.5) is 0 Å². The fourth-order valence-electron chi connectivity index (χ4n) is 4.28. The summed E-state index contributed by atoms with van der Waals surface area (Å²) in [6.07, 6.45) is 0.919. The first-order chi connectivity index (χ1) is 12.1. The Morgan fingerprint density at radius 2 is 1.72 bits per heavy atom. The maximum absolute atomic E-state index is 10.3. The Kier molecular flexibility index (Phi) is 3.96. The van der Waals surface area contributed by atoms with Crippen molar-refractivity contribution in [2.24, 2.45) is 11.8 Å². The Morgan fingerprint density at radius 3 is 2.48 bits per heavy atom. The molecule has 2 aromatic carbocycles. The van der Waals surface area contributed by atoms with Gasteiger partial charge in [-0.1, -0.05) is 6.07 Å². The molecule has 1 aliphatic carbocycles. The summed E-state index contributed by atoms with van der Waals surface area (Å²) in [4.78, 5) is 0. The van der Waals surface area contributed by atoms with E-state index in [1.165, 1.54) is 5.56 Å². The van der Waals surface area contributed by atoms with Gasteiger partial charge in [-0.05, 0) is 59.2 Å². The van der Waals surface area contributed by atoms with Gasteiger partial charge < -0.3 is 24.4 Å². The van der Waals surface area contributed by atoms with E-state index in [0.29, 0.717) is 29.9 Å². The van der Waals surface area contributed by atoms with E-state index < -0.39 is 0 Å². The molecule has 0 aromatic heterocycles. The molecule has 3 atom stereocenters. The first kappa shape index (κ1) is 16.1. The van der Waals surface area contributed by atoms with Gasteiger partial charge in [0.2, 0.25) is 0 Å². The highest BCUT2D eigenvalue weighted by molar-refractivity contribution is 5.53. The molecule has 5 nitrogen and oxygen atoms in total. The van der Waals surface area contributed by atoms with Crippen LogP contribution >= 0.6 is 0 Å². The molecule has 1 heterocycles. The van der Waals surface area contributed by atoms with Crippen LogP contribution in [-0.2, 0) is 11.2 Å². The second-order valence-corrected chi connectivity index (χ2v) is 6.80. The highest BCUT2D eigenvalue weighted by Crippen LogP contribution is 2.49. The molecule has 2 aliphatic rings. The Bertz CT molecular complexity index is 801. The molecule has 0 bridgehead atoms. The topological polar surface area (TPSA) is 68.2 Å². The van der Waals surface area contributed by atoms with E-state index in [1.54, 1.807) is 20.3 Å². The molecule has 0 spiro atoms. The molecule has 2 N–H and O–H groups in total. The highest BCUT2D eigenvalue weighted by Gasteiger charge is 2.41. The minimum absolute atomic E-state index is 0.0857. The molecule has 0 saturated carbocycles. The van der Waals surface area contributed by atoms with Gasteiger partial charge in [-0.15, -0.1) is 0 Å². The smallest absolute Gasteiger partial charge is 0.160 e. The normalized spacial score (nSPS) is 24.5.